The van der Waals surface area contributed by atoms with E-state index in [4.69, 9.17) is 25.3 Å². The highest BCUT2D eigenvalue weighted by molar-refractivity contribution is 6.32. The number of rotatable bonds is 6. The van der Waals surface area contributed by atoms with Gasteiger partial charge in [0.25, 0.3) is 11.6 Å². The number of hydrogen-bond acceptors (Lipinski definition) is 6. The third-order valence-corrected chi connectivity index (χ3v) is 5.34. The molecule has 0 saturated heterocycles. The average molecular weight is 440 g/mol. The predicted molar refractivity (Wildman–Crippen MR) is 118 cm³/mol. The molecule has 0 atom stereocenters. The van der Waals surface area contributed by atoms with Crippen molar-refractivity contribution in [2.24, 2.45) is 0 Å². The summed E-state index contributed by atoms with van der Waals surface area (Å²) in [6, 6.07) is 10.9. The van der Waals surface area contributed by atoms with Crippen molar-refractivity contribution in [1.29, 1.82) is 0 Å². The molecule has 8 heteroatoms. The maximum absolute atomic E-state index is 13.3. The molecule has 160 valence electrons. The number of carbonyl (C=O) groups excluding carboxylic acids is 1. The summed E-state index contributed by atoms with van der Waals surface area (Å²) in [5.41, 5.74) is 2.81. The third kappa shape index (κ3) is 4.14. The van der Waals surface area contributed by atoms with E-state index in [9.17, 15) is 4.79 Å². The van der Waals surface area contributed by atoms with Crippen LogP contribution in [0.15, 0.2) is 45.3 Å². The van der Waals surface area contributed by atoms with Gasteiger partial charge in [0.05, 0.1) is 33.9 Å². The summed E-state index contributed by atoms with van der Waals surface area (Å²) < 4.78 is 16.7. The fraction of sp³-hybridized carbons (Fsp3) is 0.261. The molecule has 0 spiro atoms. The fourth-order valence-electron chi connectivity index (χ4n) is 3.45. The smallest absolute Gasteiger partial charge is 0.259 e. The highest BCUT2D eigenvalue weighted by Crippen LogP contribution is 2.31. The topological polar surface area (TPSA) is 81.6 Å². The van der Waals surface area contributed by atoms with E-state index in [2.05, 4.69) is 10.1 Å². The molecule has 4 aromatic rings. The molecule has 3 heterocycles. The molecule has 0 unspecified atom stereocenters. The Morgan fingerprint density at radius 2 is 1.97 bits per heavy atom. The minimum atomic E-state index is -0.180. The Morgan fingerprint density at radius 1 is 1.19 bits per heavy atom. The summed E-state index contributed by atoms with van der Waals surface area (Å²) in [4.78, 5) is 19.5. The molecule has 0 bridgehead atoms. The van der Waals surface area contributed by atoms with Crippen molar-refractivity contribution < 1.29 is 18.5 Å². The lowest BCUT2D eigenvalue weighted by atomic mass is 10.0. The molecule has 7 nitrogen and oxygen atoms in total. The fourth-order valence-corrected chi connectivity index (χ4v) is 3.64. The van der Waals surface area contributed by atoms with Crippen LogP contribution in [0.3, 0.4) is 0 Å². The molecule has 0 radical (unpaired) electrons. The number of likely N-dealkylation sites (N-methyl/N-ethyl adjacent to an activating group) is 1. The highest BCUT2D eigenvalue weighted by atomic mass is 35.5. The zero-order valence-electron chi connectivity index (χ0n) is 17.7. The molecule has 0 fully saturated rings. The number of aryl methyl sites for hydroxylation is 3. The number of fused-ring (bicyclic) bond motifs is 1. The van der Waals surface area contributed by atoms with E-state index in [0.29, 0.717) is 52.0 Å². The van der Waals surface area contributed by atoms with Crippen LogP contribution in [0.25, 0.3) is 22.4 Å². The van der Waals surface area contributed by atoms with Gasteiger partial charge in [-0.05, 0) is 45.0 Å². The van der Waals surface area contributed by atoms with Crippen molar-refractivity contribution in [2.75, 3.05) is 20.2 Å². The summed E-state index contributed by atoms with van der Waals surface area (Å²) in [7, 11) is 1.72. The van der Waals surface area contributed by atoms with Crippen molar-refractivity contribution >= 4 is 28.6 Å². The molecule has 31 heavy (non-hydrogen) atoms. The lowest BCUT2D eigenvalue weighted by Gasteiger charge is -2.18. The maximum atomic E-state index is 13.3. The van der Waals surface area contributed by atoms with Gasteiger partial charge in [0, 0.05) is 12.6 Å². The molecule has 0 N–H and O–H groups in total. The Labute approximate surface area is 184 Å². The van der Waals surface area contributed by atoms with Crippen molar-refractivity contribution in [1.82, 2.24) is 15.0 Å². The molecular weight excluding hydrogens is 418 g/mol. The van der Waals surface area contributed by atoms with E-state index in [1.54, 1.807) is 37.1 Å². The number of carbonyl (C=O) groups is 1. The Kier molecular flexibility index (Phi) is 5.69. The highest BCUT2D eigenvalue weighted by Gasteiger charge is 2.23. The zero-order valence-corrected chi connectivity index (χ0v) is 18.5. The second-order valence-electron chi connectivity index (χ2n) is 7.34. The summed E-state index contributed by atoms with van der Waals surface area (Å²) in [5.74, 6) is 1.89. The quantitative estimate of drug-likeness (QED) is 0.410. The first-order chi connectivity index (χ1) is 14.8. The van der Waals surface area contributed by atoms with Crippen molar-refractivity contribution in [2.45, 2.75) is 20.8 Å². The van der Waals surface area contributed by atoms with Gasteiger partial charge in [0.2, 0.25) is 0 Å². The number of nitrogens with zero attached hydrogens (tertiary/aromatic N) is 3. The van der Waals surface area contributed by atoms with Crippen LogP contribution >= 0.6 is 11.6 Å². The van der Waals surface area contributed by atoms with Gasteiger partial charge in [-0.25, -0.2) is 4.98 Å². The van der Waals surface area contributed by atoms with Crippen molar-refractivity contribution in [3.63, 3.8) is 0 Å². The molecule has 0 aliphatic rings. The van der Waals surface area contributed by atoms with E-state index >= 15 is 0 Å². The SMILES string of the molecule is Cc1cc(-c2cc(C(=O)N(C)CCOc3ccccc3Cl)c3c(C)noc3n2)c(C)o1. The molecule has 0 aliphatic carbocycles. The number of amides is 1. The number of furan rings is 1. The first kappa shape index (κ1) is 20.9. The van der Waals surface area contributed by atoms with Gasteiger partial charge in [0.1, 0.15) is 23.9 Å². The Morgan fingerprint density at radius 3 is 2.68 bits per heavy atom. The van der Waals surface area contributed by atoms with Crippen LogP contribution in [0, 0.1) is 20.8 Å². The first-order valence-electron chi connectivity index (χ1n) is 9.82. The lowest BCUT2D eigenvalue weighted by molar-refractivity contribution is 0.0775. The number of benzene rings is 1. The second kappa shape index (κ2) is 8.43. The predicted octanol–water partition coefficient (Wildman–Crippen LogP) is 5.21. The molecule has 4 rings (SSSR count). The van der Waals surface area contributed by atoms with E-state index in [1.165, 1.54) is 0 Å². The normalized spacial score (nSPS) is 11.1. The number of pyridine rings is 1. The Bertz CT molecular complexity index is 1260. The molecular formula is C23H22ClN3O4. The van der Waals surface area contributed by atoms with Gasteiger partial charge in [-0.3, -0.25) is 4.79 Å². The number of ether oxygens (including phenoxy) is 1. The van der Waals surface area contributed by atoms with Crippen LogP contribution in [0.5, 0.6) is 5.75 Å². The van der Waals surface area contributed by atoms with E-state index in [1.807, 2.05) is 32.0 Å². The van der Waals surface area contributed by atoms with Crippen LogP contribution in [0.1, 0.15) is 27.6 Å². The largest absolute Gasteiger partial charge is 0.490 e. The minimum Gasteiger partial charge on any atom is -0.490 e. The Hall–Kier alpha value is -3.32. The maximum Gasteiger partial charge on any atom is 0.259 e. The van der Waals surface area contributed by atoms with Gasteiger partial charge < -0.3 is 18.6 Å². The molecule has 0 aliphatic heterocycles. The number of hydrogen-bond donors (Lipinski definition) is 0. The van der Waals surface area contributed by atoms with Crippen LogP contribution in [-0.2, 0) is 0 Å². The molecule has 1 aromatic carbocycles. The van der Waals surface area contributed by atoms with E-state index in [0.717, 1.165) is 17.1 Å². The van der Waals surface area contributed by atoms with E-state index in [-0.39, 0.29) is 5.91 Å². The van der Waals surface area contributed by atoms with Crippen LogP contribution < -0.4 is 4.74 Å². The Balaban J connectivity index is 1.61. The van der Waals surface area contributed by atoms with Crippen LogP contribution in [0.4, 0.5) is 0 Å². The second-order valence-corrected chi connectivity index (χ2v) is 7.74. The van der Waals surface area contributed by atoms with Crippen LogP contribution in [0.2, 0.25) is 5.02 Å². The number of para-hydroxylation sites is 1. The minimum absolute atomic E-state index is 0.180. The van der Waals surface area contributed by atoms with Gasteiger partial charge in [0.15, 0.2) is 0 Å². The van der Waals surface area contributed by atoms with Gasteiger partial charge in [-0.1, -0.05) is 28.9 Å². The molecule has 1 amide bonds. The van der Waals surface area contributed by atoms with Crippen molar-refractivity contribution in [3.05, 3.63) is 64.2 Å². The zero-order chi connectivity index (χ0) is 22.1. The summed E-state index contributed by atoms with van der Waals surface area (Å²) in [6.07, 6.45) is 0. The summed E-state index contributed by atoms with van der Waals surface area (Å²) in [6.45, 7) is 6.19. The summed E-state index contributed by atoms with van der Waals surface area (Å²) >= 11 is 6.12. The standard InChI is InChI=1S/C23H22ClN3O4/c1-13-11-16(15(3)30-13)19-12-17(21-14(2)26-31-22(21)25-19)23(28)27(4)9-10-29-20-8-6-5-7-18(20)24/h5-8,11-12H,9-10H2,1-4H3. The van der Waals surface area contributed by atoms with Gasteiger partial charge >= 0.3 is 0 Å². The molecule has 0 saturated carbocycles. The van der Waals surface area contributed by atoms with Crippen LogP contribution in [-0.4, -0.2) is 41.1 Å². The summed E-state index contributed by atoms with van der Waals surface area (Å²) in [5, 5.41) is 5.13. The first-order valence-corrected chi connectivity index (χ1v) is 10.2. The van der Waals surface area contributed by atoms with E-state index < -0.39 is 0 Å². The third-order valence-electron chi connectivity index (χ3n) is 5.03. The number of halogens is 1. The van der Waals surface area contributed by atoms with Gasteiger partial charge in [-0.2, -0.15) is 0 Å². The lowest BCUT2D eigenvalue weighted by Crippen LogP contribution is -2.31. The van der Waals surface area contributed by atoms with Crippen molar-refractivity contribution in [3.8, 4) is 17.0 Å². The average Bonchev–Trinajstić information content (AvgIpc) is 3.29. The van der Waals surface area contributed by atoms with Gasteiger partial charge in [-0.15, -0.1) is 0 Å². The molecule has 3 aromatic heterocycles. The number of aromatic nitrogens is 2. The monoisotopic (exact) mass is 439 g/mol.